The predicted octanol–water partition coefficient (Wildman–Crippen LogP) is 5.63. The highest BCUT2D eigenvalue weighted by Gasteiger charge is 2.14. The Bertz CT molecular complexity index is 853. The molecule has 1 N–H and O–H groups in total. The zero-order valence-electron chi connectivity index (χ0n) is 15.5. The Hall–Kier alpha value is -2.25. The molecule has 27 heavy (non-hydrogen) atoms. The molecule has 3 rings (SSSR count). The summed E-state index contributed by atoms with van der Waals surface area (Å²) in [5.41, 5.74) is 2.31. The number of halogens is 1. The van der Waals surface area contributed by atoms with Gasteiger partial charge >= 0.3 is 0 Å². The summed E-state index contributed by atoms with van der Waals surface area (Å²) in [5.74, 6) is 0.874. The number of aldehydes is 1. The number of hydrogen-bond acceptors (Lipinski definition) is 6. The van der Waals surface area contributed by atoms with Crippen LogP contribution in [0.1, 0.15) is 41.5 Å². The summed E-state index contributed by atoms with van der Waals surface area (Å²) in [5, 5.41) is 3.99. The van der Waals surface area contributed by atoms with E-state index in [1.165, 1.54) is 10.3 Å². The Morgan fingerprint density at radius 3 is 2.52 bits per heavy atom. The number of carbonyl (C=O) groups excluding carboxylic acids is 1. The third kappa shape index (κ3) is 6.45. The fourth-order valence-electron chi connectivity index (χ4n) is 2.10. The van der Waals surface area contributed by atoms with Crippen molar-refractivity contribution in [1.29, 1.82) is 0 Å². The zero-order chi connectivity index (χ0) is 19.6. The van der Waals surface area contributed by atoms with E-state index in [2.05, 4.69) is 29.1 Å². The number of anilines is 1. The van der Waals surface area contributed by atoms with Crippen LogP contribution >= 0.6 is 23.1 Å². The lowest BCUT2D eigenvalue weighted by Crippen LogP contribution is -1.92. The summed E-state index contributed by atoms with van der Waals surface area (Å²) in [6.07, 6.45) is 2.31. The molecule has 0 unspecified atom stereocenters. The minimum absolute atomic E-state index is 0.139. The van der Waals surface area contributed by atoms with Crippen LogP contribution in [0.5, 0.6) is 0 Å². The van der Waals surface area contributed by atoms with E-state index in [9.17, 15) is 9.18 Å². The standard InChI is InChI=1S/C14H17FN2S2.C6H5NO/c1-9(2)12-13(19-14(16-3)17-12)18-8-10-6-4-5-7-11(10)15;8-5-6-3-1-2-4-7-6/h4-7,9H,8H2,1-3H3,(H,16,17);1-5H. The van der Waals surface area contributed by atoms with Crippen molar-refractivity contribution >= 4 is 34.5 Å². The van der Waals surface area contributed by atoms with Crippen molar-refractivity contribution in [3.05, 3.63) is 71.4 Å². The molecular weight excluding hydrogens is 381 g/mol. The van der Waals surface area contributed by atoms with Gasteiger partial charge in [-0.2, -0.15) is 0 Å². The lowest BCUT2D eigenvalue weighted by atomic mass is 10.2. The average Bonchev–Trinajstić information content (AvgIpc) is 3.12. The lowest BCUT2D eigenvalue weighted by Gasteiger charge is -2.05. The van der Waals surface area contributed by atoms with E-state index in [0.717, 1.165) is 22.7 Å². The van der Waals surface area contributed by atoms with Gasteiger partial charge in [0.15, 0.2) is 11.4 Å². The Morgan fingerprint density at radius 2 is 1.96 bits per heavy atom. The molecule has 0 saturated heterocycles. The van der Waals surface area contributed by atoms with Crippen molar-refractivity contribution < 1.29 is 9.18 Å². The second kappa shape index (κ2) is 10.8. The number of thioether (sulfide) groups is 1. The van der Waals surface area contributed by atoms with Gasteiger partial charge in [0.25, 0.3) is 0 Å². The van der Waals surface area contributed by atoms with Crippen LogP contribution in [0.15, 0.2) is 52.9 Å². The van der Waals surface area contributed by atoms with Crippen LogP contribution < -0.4 is 5.32 Å². The minimum Gasteiger partial charge on any atom is -0.365 e. The summed E-state index contributed by atoms with van der Waals surface area (Å²) < 4.78 is 14.8. The van der Waals surface area contributed by atoms with Gasteiger partial charge < -0.3 is 5.32 Å². The minimum atomic E-state index is -0.139. The van der Waals surface area contributed by atoms with Gasteiger partial charge in [-0.1, -0.05) is 49.4 Å². The Kier molecular flexibility index (Phi) is 8.42. The third-order valence-electron chi connectivity index (χ3n) is 3.51. The second-order valence-electron chi connectivity index (χ2n) is 5.85. The molecular formula is C20H22FN3OS2. The van der Waals surface area contributed by atoms with Crippen molar-refractivity contribution in [3.63, 3.8) is 0 Å². The number of hydrogen-bond donors (Lipinski definition) is 1. The largest absolute Gasteiger partial charge is 0.365 e. The molecule has 0 saturated carbocycles. The molecule has 7 heteroatoms. The highest BCUT2D eigenvalue weighted by Crippen LogP contribution is 2.37. The molecule has 0 bridgehead atoms. The average molecular weight is 404 g/mol. The smallest absolute Gasteiger partial charge is 0.183 e. The van der Waals surface area contributed by atoms with Crippen LogP contribution in [-0.2, 0) is 5.75 Å². The number of benzene rings is 1. The van der Waals surface area contributed by atoms with E-state index in [1.807, 2.05) is 19.2 Å². The number of carbonyl (C=O) groups is 1. The molecule has 0 aliphatic carbocycles. The molecule has 3 aromatic rings. The molecule has 0 spiro atoms. The van der Waals surface area contributed by atoms with Crippen LogP contribution in [0.2, 0.25) is 0 Å². The van der Waals surface area contributed by atoms with Gasteiger partial charge in [-0.3, -0.25) is 9.78 Å². The summed E-state index contributed by atoms with van der Waals surface area (Å²) in [6, 6.07) is 12.1. The van der Waals surface area contributed by atoms with Gasteiger partial charge in [-0.05, 0) is 29.7 Å². The van der Waals surface area contributed by atoms with Gasteiger partial charge in [-0.25, -0.2) is 9.37 Å². The van der Waals surface area contributed by atoms with Gasteiger partial charge in [0, 0.05) is 19.0 Å². The lowest BCUT2D eigenvalue weighted by molar-refractivity contribution is 0.111. The molecule has 0 fully saturated rings. The number of rotatable bonds is 6. The van der Waals surface area contributed by atoms with Crippen molar-refractivity contribution in [3.8, 4) is 0 Å². The maximum atomic E-state index is 13.6. The summed E-state index contributed by atoms with van der Waals surface area (Å²) >= 11 is 3.29. The monoisotopic (exact) mass is 403 g/mol. The molecule has 0 amide bonds. The van der Waals surface area contributed by atoms with E-state index in [4.69, 9.17) is 0 Å². The van der Waals surface area contributed by atoms with Crippen molar-refractivity contribution in [2.45, 2.75) is 29.7 Å². The highest BCUT2D eigenvalue weighted by molar-refractivity contribution is 8.00. The topological polar surface area (TPSA) is 54.9 Å². The molecule has 142 valence electrons. The van der Waals surface area contributed by atoms with Crippen molar-refractivity contribution in [2.24, 2.45) is 0 Å². The van der Waals surface area contributed by atoms with Crippen molar-refractivity contribution in [1.82, 2.24) is 9.97 Å². The number of nitrogens with zero attached hydrogens (tertiary/aromatic N) is 2. The number of pyridine rings is 1. The van der Waals surface area contributed by atoms with Crippen molar-refractivity contribution in [2.75, 3.05) is 12.4 Å². The first kappa shape index (κ1) is 21.1. The summed E-state index contributed by atoms with van der Waals surface area (Å²) in [4.78, 5) is 18.2. The first-order chi connectivity index (χ1) is 13.0. The predicted molar refractivity (Wildman–Crippen MR) is 111 cm³/mol. The maximum absolute atomic E-state index is 13.6. The zero-order valence-corrected chi connectivity index (χ0v) is 17.1. The van der Waals surface area contributed by atoms with E-state index in [-0.39, 0.29) is 5.82 Å². The number of nitrogens with one attached hydrogen (secondary N) is 1. The SMILES string of the molecule is CNc1nc(C(C)C)c(SCc2ccccc2F)s1.O=Cc1ccccn1. The normalized spacial score (nSPS) is 10.3. The summed E-state index contributed by atoms with van der Waals surface area (Å²) in [7, 11) is 1.87. The maximum Gasteiger partial charge on any atom is 0.183 e. The molecule has 2 heterocycles. The van der Waals surface area contributed by atoms with E-state index in [0.29, 0.717) is 17.4 Å². The fourth-order valence-corrected chi connectivity index (χ4v) is 4.50. The van der Waals surface area contributed by atoms with Gasteiger partial charge in [0.1, 0.15) is 11.5 Å². The number of aromatic nitrogens is 2. The van der Waals surface area contributed by atoms with Crippen LogP contribution in [0, 0.1) is 5.82 Å². The second-order valence-corrected chi connectivity index (χ2v) is 8.09. The molecule has 0 aliphatic rings. The van der Waals surface area contributed by atoms with Crippen LogP contribution in [0.25, 0.3) is 0 Å². The fraction of sp³-hybridized carbons (Fsp3) is 0.250. The Labute approximate surface area is 167 Å². The molecule has 0 aliphatic heterocycles. The first-order valence-corrected chi connectivity index (χ1v) is 10.3. The Morgan fingerprint density at radius 1 is 1.22 bits per heavy atom. The van der Waals surface area contributed by atoms with Gasteiger partial charge in [0.05, 0.1) is 9.90 Å². The van der Waals surface area contributed by atoms with Crippen LogP contribution in [0.4, 0.5) is 9.52 Å². The summed E-state index contributed by atoms with van der Waals surface area (Å²) in [6.45, 7) is 4.25. The number of thiazole rings is 1. The first-order valence-electron chi connectivity index (χ1n) is 8.46. The Balaban J connectivity index is 0.000000273. The van der Waals surface area contributed by atoms with Gasteiger partial charge in [-0.15, -0.1) is 11.8 Å². The molecule has 0 radical (unpaired) electrons. The third-order valence-corrected chi connectivity index (χ3v) is 5.92. The molecule has 0 atom stereocenters. The van der Waals surface area contributed by atoms with Crippen LogP contribution in [-0.4, -0.2) is 23.3 Å². The molecule has 4 nitrogen and oxygen atoms in total. The van der Waals surface area contributed by atoms with Crippen LogP contribution in [0.3, 0.4) is 0 Å². The van der Waals surface area contributed by atoms with Gasteiger partial charge in [0.2, 0.25) is 0 Å². The van der Waals surface area contributed by atoms with E-state index < -0.39 is 0 Å². The molecule has 1 aromatic carbocycles. The highest BCUT2D eigenvalue weighted by atomic mass is 32.2. The van der Waals surface area contributed by atoms with E-state index in [1.54, 1.807) is 53.6 Å². The van der Waals surface area contributed by atoms with E-state index >= 15 is 0 Å². The quantitative estimate of drug-likeness (QED) is 0.427. The molecule has 2 aromatic heterocycles.